The molecule has 0 spiro atoms. The zero-order chi connectivity index (χ0) is 12.7. The topological polar surface area (TPSA) is 82.7 Å². The van der Waals surface area contributed by atoms with Crippen LogP contribution in [0.3, 0.4) is 0 Å². The summed E-state index contributed by atoms with van der Waals surface area (Å²) >= 11 is 0. The van der Waals surface area contributed by atoms with E-state index in [4.69, 9.17) is 5.84 Å². The number of nitrogens with one attached hydrogen (secondary N) is 2. The summed E-state index contributed by atoms with van der Waals surface area (Å²) in [6.07, 6.45) is 0. The van der Waals surface area contributed by atoms with Gasteiger partial charge >= 0.3 is 0 Å². The Bertz CT molecular complexity index is 250. The summed E-state index contributed by atoms with van der Waals surface area (Å²) in [6, 6.07) is -0.350. The number of hydrogen-bond donors (Lipinski definition) is 3. The van der Waals surface area contributed by atoms with Crippen LogP contribution in [0.25, 0.3) is 0 Å². The van der Waals surface area contributed by atoms with Gasteiger partial charge in [-0.15, -0.1) is 0 Å². The molecule has 0 aromatic heterocycles. The summed E-state index contributed by atoms with van der Waals surface area (Å²) in [4.78, 5) is 17.3. The number of likely N-dealkylation sites (N-methyl/N-ethyl adjacent to an activating group) is 1. The van der Waals surface area contributed by atoms with E-state index >= 15 is 0 Å². The number of hydrazine groups is 1. The van der Waals surface area contributed by atoms with Gasteiger partial charge in [0, 0.05) is 20.6 Å². The summed E-state index contributed by atoms with van der Waals surface area (Å²) < 4.78 is 0. The smallest absolute Gasteiger partial charge is 0.244 e. The van der Waals surface area contributed by atoms with Gasteiger partial charge in [0.2, 0.25) is 11.9 Å². The third kappa shape index (κ3) is 5.55. The second kappa shape index (κ2) is 7.05. The summed E-state index contributed by atoms with van der Waals surface area (Å²) in [5.41, 5.74) is 2.45. The highest BCUT2D eigenvalue weighted by Crippen LogP contribution is 1.92. The van der Waals surface area contributed by atoms with Crippen molar-refractivity contribution in [3.8, 4) is 0 Å². The van der Waals surface area contributed by atoms with E-state index < -0.39 is 0 Å². The Labute approximate surface area is 97.3 Å². The highest BCUT2D eigenvalue weighted by atomic mass is 16.2. The molecule has 0 saturated heterocycles. The Morgan fingerprint density at radius 1 is 1.38 bits per heavy atom. The van der Waals surface area contributed by atoms with Gasteiger partial charge in [-0.2, -0.15) is 0 Å². The number of nitrogens with zero attached hydrogens (tertiary/aromatic N) is 2. The van der Waals surface area contributed by atoms with Crippen molar-refractivity contribution in [3.63, 3.8) is 0 Å². The van der Waals surface area contributed by atoms with E-state index in [1.165, 1.54) is 4.90 Å². The average molecular weight is 229 g/mol. The van der Waals surface area contributed by atoms with Crippen molar-refractivity contribution in [2.75, 3.05) is 20.6 Å². The SMILES string of the molecule is CC(C)CN=C(NN)NC(C)C(=O)N(C)C. The fourth-order valence-electron chi connectivity index (χ4n) is 1.06. The van der Waals surface area contributed by atoms with Gasteiger partial charge in [0.1, 0.15) is 6.04 Å². The first kappa shape index (κ1) is 14.7. The molecule has 4 N–H and O–H groups in total. The molecule has 16 heavy (non-hydrogen) atoms. The van der Waals surface area contributed by atoms with E-state index in [0.29, 0.717) is 18.4 Å². The molecule has 0 aliphatic carbocycles. The quantitative estimate of drug-likeness (QED) is 0.263. The van der Waals surface area contributed by atoms with Crippen LogP contribution in [-0.2, 0) is 4.79 Å². The molecule has 6 heteroatoms. The van der Waals surface area contributed by atoms with Crippen LogP contribution in [0, 0.1) is 5.92 Å². The number of amides is 1. The first-order valence-electron chi connectivity index (χ1n) is 5.37. The molecule has 1 amide bonds. The van der Waals surface area contributed by atoms with Gasteiger partial charge in [-0.25, -0.2) is 5.84 Å². The largest absolute Gasteiger partial charge is 0.347 e. The molecular formula is C10H23N5O. The van der Waals surface area contributed by atoms with E-state index in [-0.39, 0.29) is 11.9 Å². The average Bonchev–Trinajstić information content (AvgIpc) is 2.22. The van der Waals surface area contributed by atoms with Crippen molar-refractivity contribution in [3.05, 3.63) is 0 Å². The van der Waals surface area contributed by atoms with E-state index in [2.05, 4.69) is 29.6 Å². The van der Waals surface area contributed by atoms with E-state index in [0.717, 1.165) is 0 Å². The van der Waals surface area contributed by atoms with Crippen molar-refractivity contribution in [2.24, 2.45) is 16.8 Å². The Morgan fingerprint density at radius 3 is 2.31 bits per heavy atom. The first-order chi connectivity index (χ1) is 7.38. The maximum atomic E-state index is 11.6. The minimum Gasteiger partial charge on any atom is -0.347 e. The molecule has 6 nitrogen and oxygen atoms in total. The number of nitrogens with two attached hydrogens (primary N) is 1. The van der Waals surface area contributed by atoms with Crippen LogP contribution in [0.15, 0.2) is 4.99 Å². The van der Waals surface area contributed by atoms with Gasteiger partial charge in [-0.05, 0) is 12.8 Å². The fourth-order valence-corrected chi connectivity index (χ4v) is 1.06. The Kier molecular flexibility index (Phi) is 6.48. The van der Waals surface area contributed by atoms with Crippen LogP contribution in [0.1, 0.15) is 20.8 Å². The van der Waals surface area contributed by atoms with Crippen LogP contribution < -0.4 is 16.6 Å². The molecule has 0 aromatic carbocycles. The second-order valence-electron chi connectivity index (χ2n) is 4.33. The minimum atomic E-state index is -0.350. The van der Waals surface area contributed by atoms with E-state index in [1.54, 1.807) is 21.0 Å². The Morgan fingerprint density at radius 2 is 1.94 bits per heavy atom. The first-order valence-corrected chi connectivity index (χ1v) is 5.37. The van der Waals surface area contributed by atoms with Gasteiger partial charge in [0.05, 0.1) is 0 Å². The number of guanidine groups is 1. The molecule has 0 saturated carbocycles. The predicted molar refractivity (Wildman–Crippen MR) is 65.8 cm³/mol. The molecule has 1 unspecified atom stereocenters. The molecule has 0 bridgehead atoms. The van der Waals surface area contributed by atoms with Gasteiger partial charge in [-0.3, -0.25) is 15.2 Å². The van der Waals surface area contributed by atoms with Crippen LogP contribution in [0.4, 0.5) is 0 Å². The lowest BCUT2D eigenvalue weighted by molar-refractivity contribution is -0.130. The predicted octanol–water partition coefficient (Wildman–Crippen LogP) is -0.472. The zero-order valence-corrected chi connectivity index (χ0v) is 10.7. The van der Waals surface area contributed by atoms with Crippen LogP contribution in [-0.4, -0.2) is 43.4 Å². The molecule has 0 aliphatic rings. The van der Waals surface area contributed by atoms with Crippen LogP contribution >= 0.6 is 0 Å². The van der Waals surface area contributed by atoms with Crippen molar-refractivity contribution < 1.29 is 4.79 Å². The number of aliphatic imine (C=N–C) groups is 1. The molecule has 1 atom stereocenters. The number of hydrogen-bond acceptors (Lipinski definition) is 3. The molecular weight excluding hydrogens is 206 g/mol. The highest BCUT2D eigenvalue weighted by Gasteiger charge is 2.15. The van der Waals surface area contributed by atoms with Gasteiger partial charge < -0.3 is 10.2 Å². The van der Waals surface area contributed by atoms with Crippen molar-refractivity contribution in [1.29, 1.82) is 0 Å². The van der Waals surface area contributed by atoms with Gasteiger partial charge in [0.15, 0.2) is 0 Å². The Balaban J connectivity index is 4.32. The standard InChI is InChI=1S/C10H23N5O/c1-7(2)6-12-10(14-11)13-8(3)9(16)15(4)5/h7-8H,6,11H2,1-5H3,(H2,12,13,14). The lowest BCUT2D eigenvalue weighted by Gasteiger charge is -2.19. The highest BCUT2D eigenvalue weighted by molar-refractivity contribution is 5.88. The molecule has 0 aromatic rings. The monoisotopic (exact) mass is 229 g/mol. The minimum absolute atomic E-state index is 0.0208. The van der Waals surface area contributed by atoms with E-state index in [9.17, 15) is 4.79 Å². The molecule has 0 heterocycles. The third-order valence-electron chi connectivity index (χ3n) is 1.92. The molecule has 0 radical (unpaired) electrons. The van der Waals surface area contributed by atoms with Crippen molar-refractivity contribution in [1.82, 2.24) is 15.6 Å². The maximum absolute atomic E-state index is 11.6. The van der Waals surface area contributed by atoms with Crippen LogP contribution in [0.2, 0.25) is 0 Å². The van der Waals surface area contributed by atoms with Crippen molar-refractivity contribution >= 4 is 11.9 Å². The summed E-state index contributed by atoms with van der Waals surface area (Å²) in [5, 5.41) is 2.93. The molecule has 0 rings (SSSR count). The number of carbonyl (C=O) groups is 1. The number of rotatable bonds is 4. The molecule has 94 valence electrons. The summed E-state index contributed by atoms with van der Waals surface area (Å²) in [7, 11) is 3.42. The zero-order valence-electron chi connectivity index (χ0n) is 10.7. The van der Waals surface area contributed by atoms with Gasteiger partial charge in [-0.1, -0.05) is 13.8 Å². The third-order valence-corrected chi connectivity index (χ3v) is 1.92. The molecule has 0 fully saturated rings. The fraction of sp³-hybridized carbons (Fsp3) is 0.800. The summed E-state index contributed by atoms with van der Waals surface area (Å²) in [5.74, 6) is 6.18. The van der Waals surface area contributed by atoms with Crippen molar-refractivity contribution in [2.45, 2.75) is 26.8 Å². The van der Waals surface area contributed by atoms with Gasteiger partial charge in [0.25, 0.3) is 0 Å². The molecule has 0 aliphatic heterocycles. The lowest BCUT2D eigenvalue weighted by Crippen LogP contribution is -2.50. The maximum Gasteiger partial charge on any atom is 0.244 e. The number of carbonyl (C=O) groups excluding carboxylic acids is 1. The van der Waals surface area contributed by atoms with E-state index in [1.807, 2.05) is 0 Å². The normalized spacial score (nSPS) is 13.6. The van der Waals surface area contributed by atoms with Crippen LogP contribution in [0.5, 0.6) is 0 Å². The second-order valence-corrected chi connectivity index (χ2v) is 4.33. The Hall–Kier alpha value is -1.30. The summed E-state index contributed by atoms with van der Waals surface area (Å²) in [6.45, 7) is 6.55. The lowest BCUT2D eigenvalue weighted by atomic mass is 10.2.